The standard InChI is InChI=1S/C25H26N2O6/c1-4-7-19-12-17(13-20-23(28)27(5-2)25(31)26-20)14-21(32-6-3)22(19)33-15-16-8-10-18(11-9-16)24(29)30/h4,8-12,14H,1,5-7,13,15H2,2-3H3,(H,29,30). The summed E-state index contributed by atoms with van der Waals surface area (Å²) in [5.41, 5.74) is 2.79. The van der Waals surface area contributed by atoms with E-state index in [0.29, 0.717) is 24.5 Å². The number of carbonyl (C=O) groups is 3. The third-order valence-electron chi connectivity index (χ3n) is 5.08. The molecule has 0 spiro atoms. The quantitative estimate of drug-likeness (QED) is 0.518. The lowest BCUT2D eigenvalue weighted by Crippen LogP contribution is -2.32. The number of allylic oxidation sites excluding steroid dienone is 1. The van der Waals surface area contributed by atoms with Gasteiger partial charge in [-0.2, -0.15) is 4.99 Å². The van der Waals surface area contributed by atoms with Gasteiger partial charge in [0, 0.05) is 18.5 Å². The molecule has 3 rings (SSSR count). The Morgan fingerprint density at radius 2 is 1.85 bits per heavy atom. The number of carboxylic acid groups (broad SMARTS) is 1. The SMILES string of the molecule is C=CCc1cc(CC2=NC(=O)N(CC)C2=O)cc(OCC)c1OCc1ccc(C(=O)O)cc1. The van der Waals surface area contributed by atoms with Crippen molar-refractivity contribution in [2.45, 2.75) is 33.3 Å². The first-order chi connectivity index (χ1) is 15.9. The van der Waals surface area contributed by atoms with Crippen LogP contribution in [0.5, 0.6) is 11.5 Å². The number of aromatic carboxylic acids is 1. The predicted octanol–water partition coefficient (Wildman–Crippen LogP) is 4.06. The van der Waals surface area contributed by atoms with Crippen LogP contribution >= 0.6 is 0 Å². The van der Waals surface area contributed by atoms with Crippen molar-refractivity contribution in [3.05, 3.63) is 71.3 Å². The number of carboxylic acids is 1. The molecule has 2 aromatic rings. The Labute approximate surface area is 192 Å². The third-order valence-corrected chi connectivity index (χ3v) is 5.08. The summed E-state index contributed by atoms with van der Waals surface area (Å²) in [6.45, 7) is 8.29. The summed E-state index contributed by atoms with van der Waals surface area (Å²) >= 11 is 0. The van der Waals surface area contributed by atoms with Crippen molar-refractivity contribution < 1.29 is 29.0 Å². The molecule has 8 heteroatoms. The maximum absolute atomic E-state index is 12.4. The number of carbonyl (C=O) groups excluding carboxylic acids is 2. The molecular weight excluding hydrogens is 424 g/mol. The molecule has 1 heterocycles. The van der Waals surface area contributed by atoms with Crippen LogP contribution in [0.2, 0.25) is 0 Å². The van der Waals surface area contributed by atoms with Crippen LogP contribution in [-0.2, 0) is 24.2 Å². The Morgan fingerprint density at radius 3 is 2.42 bits per heavy atom. The molecule has 0 atom stereocenters. The second-order valence-corrected chi connectivity index (χ2v) is 7.37. The van der Waals surface area contributed by atoms with Crippen LogP contribution in [0.1, 0.15) is 40.9 Å². The van der Waals surface area contributed by atoms with E-state index in [1.54, 1.807) is 31.2 Å². The van der Waals surface area contributed by atoms with Crippen LogP contribution in [-0.4, -0.2) is 46.8 Å². The van der Waals surface area contributed by atoms with Crippen molar-refractivity contribution >= 4 is 23.6 Å². The highest BCUT2D eigenvalue weighted by Crippen LogP contribution is 2.35. The van der Waals surface area contributed by atoms with E-state index in [4.69, 9.17) is 14.6 Å². The number of rotatable bonds is 11. The summed E-state index contributed by atoms with van der Waals surface area (Å²) in [7, 11) is 0. The summed E-state index contributed by atoms with van der Waals surface area (Å²) in [5, 5.41) is 9.05. The van der Waals surface area contributed by atoms with Gasteiger partial charge in [-0.3, -0.25) is 9.69 Å². The molecule has 0 radical (unpaired) electrons. The average Bonchev–Trinajstić information content (AvgIpc) is 3.06. The van der Waals surface area contributed by atoms with Gasteiger partial charge in [-0.1, -0.05) is 24.3 Å². The van der Waals surface area contributed by atoms with Gasteiger partial charge < -0.3 is 14.6 Å². The summed E-state index contributed by atoms with van der Waals surface area (Å²) in [5.74, 6) is -0.303. The van der Waals surface area contributed by atoms with Gasteiger partial charge in [-0.05, 0) is 49.6 Å². The van der Waals surface area contributed by atoms with E-state index in [9.17, 15) is 14.4 Å². The predicted molar refractivity (Wildman–Crippen MR) is 123 cm³/mol. The third kappa shape index (κ3) is 5.46. The molecule has 0 fully saturated rings. The first-order valence-corrected chi connectivity index (χ1v) is 10.7. The minimum atomic E-state index is -0.987. The number of ether oxygens (including phenoxy) is 2. The average molecular weight is 450 g/mol. The maximum Gasteiger partial charge on any atom is 0.350 e. The van der Waals surface area contributed by atoms with Crippen LogP contribution in [0.3, 0.4) is 0 Å². The van der Waals surface area contributed by atoms with Crippen LogP contribution in [0.4, 0.5) is 4.79 Å². The van der Waals surface area contributed by atoms with Crippen molar-refractivity contribution in [3.63, 3.8) is 0 Å². The number of nitrogens with zero attached hydrogens (tertiary/aromatic N) is 2. The monoisotopic (exact) mass is 450 g/mol. The van der Waals surface area contributed by atoms with Gasteiger partial charge in [0.1, 0.15) is 12.3 Å². The topological polar surface area (TPSA) is 106 Å². The fourth-order valence-corrected chi connectivity index (χ4v) is 3.51. The Morgan fingerprint density at radius 1 is 1.12 bits per heavy atom. The number of amides is 3. The zero-order valence-corrected chi connectivity index (χ0v) is 18.7. The Bertz CT molecular complexity index is 1100. The van der Waals surface area contributed by atoms with E-state index >= 15 is 0 Å². The molecule has 0 unspecified atom stereocenters. The fraction of sp³-hybridized carbons (Fsp3) is 0.280. The number of urea groups is 1. The minimum Gasteiger partial charge on any atom is -0.490 e. The highest BCUT2D eigenvalue weighted by molar-refractivity contribution is 6.46. The largest absolute Gasteiger partial charge is 0.490 e. The minimum absolute atomic E-state index is 0.195. The van der Waals surface area contributed by atoms with Crippen LogP contribution in [0.25, 0.3) is 0 Å². The van der Waals surface area contributed by atoms with Gasteiger partial charge in [0.2, 0.25) is 0 Å². The second kappa shape index (κ2) is 10.6. The molecule has 33 heavy (non-hydrogen) atoms. The van der Waals surface area contributed by atoms with Gasteiger partial charge >= 0.3 is 12.0 Å². The van der Waals surface area contributed by atoms with Gasteiger partial charge in [0.25, 0.3) is 5.91 Å². The number of benzene rings is 2. The molecule has 0 saturated heterocycles. The van der Waals surface area contributed by atoms with E-state index in [1.807, 2.05) is 13.0 Å². The molecule has 0 bridgehead atoms. The normalized spacial score (nSPS) is 13.2. The van der Waals surface area contributed by atoms with Crippen LogP contribution in [0, 0.1) is 0 Å². The maximum atomic E-state index is 12.4. The molecule has 0 aliphatic carbocycles. The van der Waals surface area contributed by atoms with Gasteiger partial charge in [0.15, 0.2) is 11.5 Å². The van der Waals surface area contributed by atoms with E-state index in [2.05, 4.69) is 11.6 Å². The Kier molecular flexibility index (Phi) is 7.61. The molecule has 1 aliphatic rings. The molecule has 0 saturated carbocycles. The Hall–Kier alpha value is -3.94. The van der Waals surface area contributed by atoms with Crippen molar-refractivity contribution in [2.24, 2.45) is 4.99 Å². The summed E-state index contributed by atoms with van der Waals surface area (Å²) in [6, 6.07) is 9.59. The van der Waals surface area contributed by atoms with Crippen LogP contribution in [0.15, 0.2) is 54.0 Å². The van der Waals surface area contributed by atoms with Crippen molar-refractivity contribution in [1.29, 1.82) is 0 Å². The molecule has 1 aliphatic heterocycles. The van der Waals surface area contributed by atoms with E-state index in [1.165, 1.54) is 12.1 Å². The smallest absolute Gasteiger partial charge is 0.350 e. The van der Waals surface area contributed by atoms with Gasteiger partial charge in [-0.15, -0.1) is 6.58 Å². The molecule has 172 valence electrons. The summed E-state index contributed by atoms with van der Waals surface area (Å²) in [4.78, 5) is 40.4. The molecule has 1 N–H and O–H groups in total. The Balaban J connectivity index is 1.87. The van der Waals surface area contributed by atoms with Crippen molar-refractivity contribution in [2.75, 3.05) is 13.2 Å². The van der Waals surface area contributed by atoms with Gasteiger partial charge in [-0.25, -0.2) is 9.59 Å². The van der Waals surface area contributed by atoms with E-state index < -0.39 is 12.0 Å². The highest BCUT2D eigenvalue weighted by Gasteiger charge is 2.31. The van der Waals surface area contributed by atoms with E-state index in [-0.39, 0.29) is 36.8 Å². The zero-order chi connectivity index (χ0) is 24.0. The molecule has 3 amide bonds. The summed E-state index contributed by atoms with van der Waals surface area (Å²) in [6.07, 6.45) is 2.44. The fourth-order valence-electron chi connectivity index (χ4n) is 3.51. The number of imide groups is 1. The lowest BCUT2D eigenvalue weighted by molar-refractivity contribution is -0.120. The lowest BCUT2D eigenvalue weighted by atomic mass is 10.0. The molecule has 0 aromatic heterocycles. The van der Waals surface area contributed by atoms with Crippen LogP contribution < -0.4 is 9.47 Å². The number of aliphatic imine (C=N–C) groups is 1. The van der Waals surface area contributed by atoms with Crippen molar-refractivity contribution in [3.8, 4) is 11.5 Å². The zero-order valence-electron chi connectivity index (χ0n) is 18.7. The lowest BCUT2D eigenvalue weighted by Gasteiger charge is -2.18. The molecule has 8 nitrogen and oxygen atoms in total. The number of hydrogen-bond donors (Lipinski definition) is 1. The first kappa shape index (κ1) is 23.7. The highest BCUT2D eigenvalue weighted by atomic mass is 16.5. The number of hydrogen-bond acceptors (Lipinski definition) is 5. The second-order valence-electron chi connectivity index (χ2n) is 7.37. The first-order valence-electron chi connectivity index (χ1n) is 10.7. The van der Waals surface area contributed by atoms with E-state index in [0.717, 1.165) is 21.6 Å². The van der Waals surface area contributed by atoms with Crippen molar-refractivity contribution in [1.82, 2.24) is 4.90 Å². The van der Waals surface area contributed by atoms with Gasteiger partial charge in [0.05, 0.1) is 12.2 Å². The summed E-state index contributed by atoms with van der Waals surface area (Å²) < 4.78 is 11.9. The molecular formula is C25H26N2O6. The molecule has 2 aromatic carbocycles.